The van der Waals surface area contributed by atoms with Crippen LogP contribution in [0.25, 0.3) is 0 Å². The third-order valence-corrected chi connectivity index (χ3v) is 10.2. The van der Waals surface area contributed by atoms with E-state index in [1.807, 2.05) is 30.5 Å². The molecule has 0 aromatic heterocycles. The molecule has 0 radical (unpaired) electrons. The topological polar surface area (TPSA) is 86.3 Å². The maximum absolute atomic E-state index is 5.61. The number of nitrogens with zero attached hydrogens (tertiary/aromatic N) is 3. The van der Waals surface area contributed by atoms with E-state index in [9.17, 15) is 0 Å². The van der Waals surface area contributed by atoms with E-state index in [0.717, 1.165) is 76.1 Å². The normalized spacial score (nSPS) is 21.1. The predicted molar refractivity (Wildman–Crippen MR) is 200 cm³/mol. The number of rotatable bonds is 16. The van der Waals surface area contributed by atoms with Crippen molar-refractivity contribution in [2.75, 3.05) is 81.9 Å². The van der Waals surface area contributed by atoms with E-state index in [1.165, 1.54) is 17.6 Å². The average Bonchev–Trinajstić information content (AvgIpc) is 3.39. The minimum Gasteiger partial charge on any atom is -0.493 e. The summed E-state index contributed by atoms with van der Waals surface area (Å²) in [6, 6.07) is 8.17. The van der Waals surface area contributed by atoms with E-state index < -0.39 is 0 Å². The molecule has 3 aliphatic rings. The van der Waals surface area contributed by atoms with Gasteiger partial charge < -0.3 is 43.5 Å². The third-order valence-electron chi connectivity index (χ3n) is 10.2. The molecule has 3 atom stereocenters. The summed E-state index contributed by atoms with van der Waals surface area (Å²) < 4.78 is 33.4. The summed E-state index contributed by atoms with van der Waals surface area (Å²) in [5, 5.41) is 3.47. The van der Waals surface area contributed by atoms with Crippen LogP contribution in [0.2, 0.25) is 0 Å². The predicted octanol–water partition coefficient (Wildman–Crippen LogP) is 6.78. The van der Waals surface area contributed by atoms with Crippen molar-refractivity contribution in [3.63, 3.8) is 0 Å². The van der Waals surface area contributed by atoms with Crippen LogP contribution in [0.5, 0.6) is 34.5 Å². The van der Waals surface area contributed by atoms with Crippen LogP contribution < -0.4 is 33.7 Å². The van der Waals surface area contributed by atoms with E-state index in [1.54, 1.807) is 42.7 Å². The number of hydrogen-bond donors (Lipinski definition) is 1. The van der Waals surface area contributed by atoms with Crippen LogP contribution in [0.4, 0.5) is 0 Å². The van der Waals surface area contributed by atoms with Gasteiger partial charge in [-0.1, -0.05) is 18.6 Å². The maximum atomic E-state index is 5.61. The van der Waals surface area contributed by atoms with E-state index in [2.05, 4.69) is 46.5 Å². The number of benzene rings is 2. The van der Waals surface area contributed by atoms with Crippen molar-refractivity contribution in [2.24, 2.45) is 10.9 Å². The molecule has 10 heteroatoms. The van der Waals surface area contributed by atoms with E-state index in [-0.39, 0.29) is 12.1 Å². The zero-order chi connectivity index (χ0) is 35.5. The number of ether oxygens (including phenoxy) is 6. The average molecular weight is 689 g/mol. The summed E-state index contributed by atoms with van der Waals surface area (Å²) in [5.41, 5.74) is 4.95. The number of aliphatic imine (C=N–C) groups is 1. The van der Waals surface area contributed by atoms with Crippen LogP contribution >= 0.6 is 0 Å². The molecule has 3 unspecified atom stereocenters. The standard InChI is InChI=1S/C40H56N4O6/c1-28-30(14-16-42-38(28)32-26-36(47-4)40(50-7)37(27-32)48-5)12-9-18-44-20-10-19-43(21-22-44)17-8-11-29-13-15-41-33(23-29)31-24-34(45-2)39(49-6)35(25-31)46-3/h13-16,23-28,33,38,41H,8-12,17-22H2,1-7H3. The summed E-state index contributed by atoms with van der Waals surface area (Å²) >= 11 is 0. The van der Waals surface area contributed by atoms with Crippen LogP contribution in [0.15, 0.2) is 64.8 Å². The molecule has 10 nitrogen and oxygen atoms in total. The molecule has 3 heterocycles. The second-order valence-corrected chi connectivity index (χ2v) is 13.2. The molecule has 2 aromatic carbocycles. The number of dihydropyridines is 2. The molecule has 1 fully saturated rings. The number of hydrogen-bond acceptors (Lipinski definition) is 10. The van der Waals surface area contributed by atoms with Crippen molar-refractivity contribution in [1.29, 1.82) is 0 Å². The number of nitrogens with one attached hydrogen (secondary N) is 1. The minimum atomic E-state index is 0.0203. The lowest BCUT2D eigenvalue weighted by atomic mass is 9.84. The fraction of sp³-hybridized carbons (Fsp3) is 0.525. The molecule has 1 saturated heterocycles. The summed E-state index contributed by atoms with van der Waals surface area (Å²) in [6.07, 6.45) is 16.4. The summed E-state index contributed by atoms with van der Waals surface area (Å²) in [5.74, 6) is 4.17. The molecule has 0 bridgehead atoms. The first kappa shape index (κ1) is 37.1. The molecule has 0 aliphatic carbocycles. The summed E-state index contributed by atoms with van der Waals surface area (Å²) in [4.78, 5) is 10.1. The highest BCUT2D eigenvalue weighted by molar-refractivity contribution is 5.74. The van der Waals surface area contributed by atoms with Crippen molar-refractivity contribution in [3.8, 4) is 34.5 Å². The van der Waals surface area contributed by atoms with Gasteiger partial charge in [-0.2, -0.15) is 0 Å². The number of methoxy groups -OCH3 is 6. The van der Waals surface area contributed by atoms with Gasteiger partial charge in [0.2, 0.25) is 11.5 Å². The van der Waals surface area contributed by atoms with Gasteiger partial charge in [-0.05, 0) is 118 Å². The highest BCUT2D eigenvalue weighted by atomic mass is 16.5. The van der Waals surface area contributed by atoms with Gasteiger partial charge in [0.15, 0.2) is 23.0 Å². The molecule has 0 saturated carbocycles. The number of allylic oxidation sites excluding steroid dienone is 3. The highest BCUT2D eigenvalue weighted by Gasteiger charge is 2.27. The fourth-order valence-corrected chi connectivity index (χ4v) is 7.37. The third kappa shape index (κ3) is 8.95. The van der Waals surface area contributed by atoms with Gasteiger partial charge in [0.05, 0.1) is 54.7 Å². The Labute approximate surface area is 298 Å². The van der Waals surface area contributed by atoms with Crippen molar-refractivity contribution in [2.45, 2.75) is 51.1 Å². The maximum Gasteiger partial charge on any atom is 0.203 e. The Bertz CT molecular complexity index is 1500. The molecule has 2 aromatic rings. The molecule has 272 valence electrons. The van der Waals surface area contributed by atoms with E-state index in [0.29, 0.717) is 40.4 Å². The Morgan fingerprint density at radius 3 is 1.78 bits per heavy atom. The van der Waals surface area contributed by atoms with Gasteiger partial charge in [-0.25, -0.2) is 0 Å². The SMILES string of the molecule is COc1cc(C2C=C(CCCN3CCCN(CCCC4=CC=NC(c5cc(OC)c(OC)c(OC)c5)C4C)CC3)C=CN2)cc(OC)c1OC. The molecule has 5 rings (SSSR count). The van der Waals surface area contributed by atoms with Crippen LogP contribution in [-0.2, 0) is 0 Å². The van der Waals surface area contributed by atoms with Gasteiger partial charge in [0.25, 0.3) is 0 Å². The molecular weight excluding hydrogens is 632 g/mol. The zero-order valence-electron chi connectivity index (χ0n) is 31.0. The van der Waals surface area contributed by atoms with Gasteiger partial charge in [0, 0.05) is 25.2 Å². The van der Waals surface area contributed by atoms with Gasteiger partial charge in [0.1, 0.15) is 0 Å². The molecule has 50 heavy (non-hydrogen) atoms. The van der Waals surface area contributed by atoms with Crippen LogP contribution in [0.3, 0.4) is 0 Å². The smallest absolute Gasteiger partial charge is 0.203 e. The quantitative estimate of drug-likeness (QED) is 0.205. The highest BCUT2D eigenvalue weighted by Crippen LogP contribution is 2.44. The summed E-state index contributed by atoms with van der Waals surface area (Å²) in [7, 11) is 9.88. The molecule has 3 aliphatic heterocycles. The van der Waals surface area contributed by atoms with Crippen molar-refractivity contribution >= 4 is 6.21 Å². The second kappa shape index (κ2) is 18.2. The van der Waals surface area contributed by atoms with Gasteiger partial charge in [-0.15, -0.1) is 0 Å². The largest absolute Gasteiger partial charge is 0.493 e. The van der Waals surface area contributed by atoms with Crippen LogP contribution in [0, 0.1) is 5.92 Å². The first-order chi connectivity index (χ1) is 24.4. The zero-order valence-corrected chi connectivity index (χ0v) is 31.0. The monoisotopic (exact) mass is 688 g/mol. The Morgan fingerprint density at radius 2 is 1.24 bits per heavy atom. The van der Waals surface area contributed by atoms with Gasteiger partial charge >= 0.3 is 0 Å². The Kier molecular flexibility index (Phi) is 13.5. The van der Waals surface area contributed by atoms with Crippen molar-refractivity contribution in [1.82, 2.24) is 15.1 Å². The van der Waals surface area contributed by atoms with Crippen LogP contribution in [-0.4, -0.2) is 97.9 Å². The first-order valence-corrected chi connectivity index (χ1v) is 17.8. The molecule has 0 amide bonds. The Hall–Kier alpha value is -4.15. The van der Waals surface area contributed by atoms with E-state index >= 15 is 0 Å². The molecular formula is C40H56N4O6. The lowest BCUT2D eigenvalue weighted by molar-refractivity contribution is 0.252. The molecule has 0 spiro atoms. The van der Waals surface area contributed by atoms with Gasteiger partial charge in [-0.3, -0.25) is 4.99 Å². The lowest BCUT2D eigenvalue weighted by Crippen LogP contribution is -2.32. The Balaban J connectivity index is 1.07. The Morgan fingerprint density at radius 1 is 0.700 bits per heavy atom. The van der Waals surface area contributed by atoms with E-state index in [4.69, 9.17) is 33.4 Å². The second-order valence-electron chi connectivity index (χ2n) is 13.2. The first-order valence-electron chi connectivity index (χ1n) is 17.8. The minimum absolute atomic E-state index is 0.0203. The lowest BCUT2D eigenvalue weighted by Gasteiger charge is -2.28. The molecule has 1 N–H and O–H groups in total. The van der Waals surface area contributed by atoms with Crippen molar-refractivity contribution < 1.29 is 28.4 Å². The van der Waals surface area contributed by atoms with Crippen LogP contribution in [0.1, 0.15) is 62.2 Å². The summed E-state index contributed by atoms with van der Waals surface area (Å²) in [6.45, 7) is 9.10. The fourth-order valence-electron chi connectivity index (χ4n) is 7.37. The van der Waals surface area contributed by atoms with Crippen molar-refractivity contribution in [3.05, 3.63) is 71.0 Å².